The van der Waals surface area contributed by atoms with Gasteiger partial charge in [0.15, 0.2) is 0 Å². The molecule has 2 N–H and O–H groups in total. The van der Waals surface area contributed by atoms with Crippen LogP contribution in [0.3, 0.4) is 0 Å². The highest BCUT2D eigenvalue weighted by Crippen LogP contribution is 2.15. The fraction of sp³-hybridized carbons (Fsp3) is 0.846. The van der Waals surface area contributed by atoms with E-state index < -0.39 is 11.9 Å². The molecule has 176 valence electrons. The monoisotopic (exact) mass is 423 g/mol. The molecule has 0 fully saturated rings. The van der Waals surface area contributed by atoms with Crippen LogP contribution >= 0.6 is 0 Å². The minimum atomic E-state index is -0.516. The number of esters is 1. The summed E-state index contributed by atoms with van der Waals surface area (Å²) in [6.45, 7) is 6.58. The van der Waals surface area contributed by atoms with Crippen molar-refractivity contribution in [2.24, 2.45) is 11.7 Å². The van der Waals surface area contributed by atoms with Crippen molar-refractivity contribution in [1.29, 1.82) is 0 Å². The van der Waals surface area contributed by atoms with Crippen molar-refractivity contribution in [2.75, 3.05) is 6.61 Å². The third kappa shape index (κ3) is 20.0. The van der Waals surface area contributed by atoms with Gasteiger partial charge < -0.3 is 10.5 Å². The van der Waals surface area contributed by atoms with Crippen LogP contribution in [0.2, 0.25) is 0 Å². The molecular weight excluding hydrogens is 374 g/mol. The first-order chi connectivity index (χ1) is 14.5. The molecule has 0 spiro atoms. The Bertz CT molecular complexity index is 457. The molecule has 4 nitrogen and oxygen atoms in total. The van der Waals surface area contributed by atoms with Gasteiger partial charge >= 0.3 is 5.97 Å². The Morgan fingerprint density at radius 3 is 1.50 bits per heavy atom. The van der Waals surface area contributed by atoms with Gasteiger partial charge in [0.2, 0.25) is 5.91 Å². The van der Waals surface area contributed by atoms with Crippen LogP contribution in [0.15, 0.2) is 11.6 Å². The van der Waals surface area contributed by atoms with Gasteiger partial charge in [-0.25, -0.2) is 4.79 Å². The predicted molar refractivity (Wildman–Crippen MR) is 127 cm³/mol. The molecule has 0 aliphatic rings. The number of hydrogen-bond acceptors (Lipinski definition) is 3. The Morgan fingerprint density at radius 1 is 0.733 bits per heavy atom. The maximum Gasteiger partial charge on any atom is 0.331 e. The quantitative estimate of drug-likeness (QED) is 0.120. The molecule has 0 aromatic heterocycles. The summed E-state index contributed by atoms with van der Waals surface area (Å²) >= 11 is 0. The average molecular weight is 424 g/mol. The summed E-state index contributed by atoms with van der Waals surface area (Å²) in [4.78, 5) is 23.2. The Balaban J connectivity index is 3.56. The number of unbranched alkanes of at least 4 members (excludes halogenated alkanes) is 15. The predicted octanol–water partition coefficient (Wildman–Crippen LogP) is 7.25. The zero-order valence-electron chi connectivity index (χ0n) is 20.2. The normalized spacial score (nSPS) is 11.8. The van der Waals surface area contributed by atoms with E-state index in [-0.39, 0.29) is 5.92 Å². The molecule has 0 aromatic carbocycles. The van der Waals surface area contributed by atoms with Crippen molar-refractivity contribution >= 4 is 11.9 Å². The lowest BCUT2D eigenvalue weighted by Crippen LogP contribution is -2.16. The second kappa shape index (κ2) is 20.9. The molecule has 0 bridgehead atoms. The molecule has 0 heterocycles. The number of amides is 1. The molecule has 1 amide bonds. The van der Waals surface area contributed by atoms with Crippen LogP contribution in [0.1, 0.15) is 130 Å². The third-order valence-electron chi connectivity index (χ3n) is 5.47. The SMILES string of the molecule is CCCCCCCCCCCCCCCCCC/C(=C/C(=O)OCC(C)C)C(N)=O. The highest BCUT2D eigenvalue weighted by Gasteiger charge is 2.09. The topological polar surface area (TPSA) is 69.4 Å². The van der Waals surface area contributed by atoms with Crippen molar-refractivity contribution in [1.82, 2.24) is 0 Å². The Labute approximate surface area is 186 Å². The first-order valence-electron chi connectivity index (χ1n) is 12.6. The van der Waals surface area contributed by atoms with E-state index in [4.69, 9.17) is 10.5 Å². The first kappa shape index (κ1) is 28.7. The Hall–Kier alpha value is -1.32. The highest BCUT2D eigenvalue weighted by atomic mass is 16.5. The minimum Gasteiger partial charge on any atom is -0.462 e. The average Bonchev–Trinajstić information content (AvgIpc) is 2.70. The number of rotatable bonds is 21. The lowest BCUT2D eigenvalue weighted by molar-refractivity contribution is -0.139. The van der Waals surface area contributed by atoms with Crippen LogP contribution in [0.5, 0.6) is 0 Å². The molecule has 0 aromatic rings. The molecule has 0 saturated carbocycles. The summed E-state index contributed by atoms with van der Waals surface area (Å²) in [5.74, 6) is -0.703. The van der Waals surface area contributed by atoms with Gasteiger partial charge in [0.05, 0.1) is 6.61 Å². The maximum atomic E-state index is 11.7. The van der Waals surface area contributed by atoms with E-state index in [0.717, 1.165) is 12.8 Å². The zero-order chi connectivity index (χ0) is 22.5. The number of carbonyl (C=O) groups excluding carboxylic acids is 2. The van der Waals surface area contributed by atoms with Crippen LogP contribution in [0, 0.1) is 5.92 Å². The summed E-state index contributed by atoms with van der Waals surface area (Å²) in [7, 11) is 0. The lowest BCUT2D eigenvalue weighted by Gasteiger charge is -2.07. The Kier molecular flexibility index (Phi) is 20.0. The molecule has 0 atom stereocenters. The van der Waals surface area contributed by atoms with Crippen molar-refractivity contribution in [3.8, 4) is 0 Å². The summed E-state index contributed by atoms with van der Waals surface area (Å²) in [5.41, 5.74) is 5.78. The smallest absolute Gasteiger partial charge is 0.331 e. The van der Waals surface area contributed by atoms with Gasteiger partial charge in [-0.15, -0.1) is 0 Å². The number of ether oxygens (including phenoxy) is 1. The van der Waals surface area contributed by atoms with E-state index >= 15 is 0 Å². The first-order valence-corrected chi connectivity index (χ1v) is 12.6. The summed E-state index contributed by atoms with van der Waals surface area (Å²) in [6.07, 6.45) is 22.8. The van der Waals surface area contributed by atoms with E-state index in [9.17, 15) is 9.59 Å². The lowest BCUT2D eigenvalue weighted by atomic mass is 10.0. The van der Waals surface area contributed by atoms with Crippen molar-refractivity contribution in [3.63, 3.8) is 0 Å². The van der Waals surface area contributed by atoms with E-state index in [1.165, 1.54) is 96.0 Å². The van der Waals surface area contributed by atoms with Gasteiger partial charge in [-0.2, -0.15) is 0 Å². The fourth-order valence-electron chi connectivity index (χ4n) is 3.56. The molecular formula is C26H49NO3. The largest absolute Gasteiger partial charge is 0.462 e. The van der Waals surface area contributed by atoms with E-state index in [1.54, 1.807) is 0 Å². The second-order valence-electron chi connectivity index (χ2n) is 9.11. The van der Waals surface area contributed by atoms with E-state index in [1.807, 2.05) is 13.8 Å². The Morgan fingerprint density at radius 2 is 1.13 bits per heavy atom. The van der Waals surface area contributed by atoms with Crippen LogP contribution in [-0.2, 0) is 14.3 Å². The van der Waals surface area contributed by atoms with Crippen LogP contribution in [0.25, 0.3) is 0 Å². The van der Waals surface area contributed by atoms with Crippen molar-refractivity contribution in [2.45, 2.75) is 130 Å². The maximum absolute atomic E-state index is 11.7. The molecule has 0 aliphatic carbocycles. The summed E-state index contributed by atoms with van der Waals surface area (Å²) in [5, 5.41) is 0. The molecule has 30 heavy (non-hydrogen) atoms. The molecule has 0 radical (unpaired) electrons. The van der Waals surface area contributed by atoms with Gasteiger partial charge in [-0.1, -0.05) is 117 Å². The number of primary amides is 1. The minimum absolute atomic E-state index is 0.277. The molecule has 0 rings (SSSR count). The zero-order valence-corrected chi connectivity index (χ0v) is 20.2. The number of nitrogens with two attached hydrogens (primary N) is 1. The molecule has 0 saturated heterocycles. The summed E-state index contributed by atoms with van der Waals surface area (Å²) in [6, 6.07) is 0. The summed E-state index contributed by atoms with van der Waals surface area (Å²) < 4.78 is 5.09. The molecule has 4 heteroatoms. The van der Waals surface area contributed by atoms with E-state index in [0.29, 0.717) is 18.6 Å². The molecule has 0 unspecified atom stereocenters. The van der Waals surface area contributed by atoms with Crippen LogP contribution in [0.4, 0.5) is 0 Å². The van der Waals surface area contributed by atoms with Crippen molar-refractivity contribution < 1.29 is 14.3 Å². The standard InChI is InChI=1S/C26H49NO3/c1-4-5-6-7-8-9-10-11-12-13-14-15-16-17-18-19-20-24(26(27)29)21-25(28)30-22-23(2)3/h21,23H,4-20,22H2,1-3H3,(H2,27,29)/b24-21-. The second-order valence-corrected chi connectivity index (χ2v) is 9.11. The van der Waals surface area contributed by atoms with Gasteiger partial charge in [-0.05, 0) is 18.8 Å². The van der Waals surface area contributed by atoms with Crippen molar-refractivity contribution in [3.05, 3.63) is 11.6 Å². The van der Waals surface area contributed by atoms with Gasteiger partial charge in [0.25, 0.3) is 0 Å². The molecule has 0 aliphatic heterocycles. The van der Waals surface area contributed by atoms with Gasteiger partial charge in [-0.3, -0.25) is 4.79 Å². The fourth-order valence-corrected chi connectivity index (χ4v) is 3.56. The van der Waals surface area contributed by atoms with Gasteiger partial charge in [0, 0.05) is 11.6 Å². The number of carbonyl (C=O) groups is 2. The van der Waals surface area contributed by atoms with Gasteiger partial charge in [0.1, 0.15) is 0 Å². The highest BCUT2D eigenvalue weighted by molar-refractivity contribution is 5.98. The van der Waals surface area contributed by atoms with E-state index in [2.05, 4.69) is 6.92 Å². The third-order valence-corrected chi connectivity index (χ3v) is 5.47. The van der Waals surface area contributed by atoms with Crippen LogP contribution in [-0.4, -0.2) is 18.5 Å². The van der Waals surface area contributed by atoms with Crippen LogP contribution < -0.4 is 5.73 Å². The number of hydrogen-bond donors (Lipinski definition) is 1.